The zero-order chi connectivity index (χ0) is 19.9. The van der Waals surface area contributed by atoms with Crippen molar-refractivity contribution in [1.82, 2.24) is 24.6 Å². The molecule has 0 bridgehead atoms. The molecule has 0 atom stereocenters. The summed E-state index contributed by atoms with van der Waals surface area (Å²) in [7, 11) is 3.57. The first-order valence-electron chi connectivity index (χ1n) is 9.99. The molecule has 2 aliphatic heterocycles. The van der Waals surface area contributed by atoms with Crippen molar-refractivity contribution in [3.05, 3.63) is 41.3 Å². The Bertz CT molecular complexity index is 867. The average Bonchev–Trinajstić information content (AvgIpc) is 3.16. The van der Waals surface area contributed by atoms with Crippen molar-refractivity contribution < 1.29 is 9.53 Å². The minimum absolute atomic E-state index is 0.0480. The first-order valence-corrected chi connectivity index (χ1v) is 9.99. The predicted molar refractivity (Wildman–Crippen MR) is 107 cm³/mol. The second-order valence-corrected chi connectivity index (χ2v) is 8.35. The first kappa shape index (κ1) is 18.9. The van der Waals surface area contributed by atoms with Gasteiger partial charge in [0.1, 0.15) is 0 Å². The van der Waals surface area contributed by atoms with E-state index in [9.17, 15) is 4.79 Å². The Balaban J connectivity index is 1.55. The summed E-state index contributed by atoms with van der Waals surface area (Å²) in [6, 6.07) is 4.28. The molecule has 1 spiro atoms. The first-order chi connectivity index (χ1) is 13.4. The molecule has 0 aliphatic carbocycles. The van der Waals surface area contributed by atoms with Crippen LogP contribution in [0.2, 0.25) is 0 Å². The van der Waals surface area contributed by atoms with E-state index < -0.39 is 0 Å². The lowest BCUT2D eigenvalue weighted by molar-refractivity contribution is 0.0627. The summed E-state index contributed by atoms with van der Waals surface area (Å²) >= 11 is 0. The molecule has 4 rings (SSSR count). The molecule has 2 aliphatic rings. The Morgan fingerprint density at radius 1 is 1.29 bits per heavy atom. The molecule has 4 heterocycles. The number of rotatable bonds is 4. The van der Waals surface area contributed by atoms with Crippen LogP contribution in [0.4, 0.5) is 0 Å². The van der Waals surface area contributed by atoms with E-state index in [4.69, 9.17) is 9.84 Å². The summed E-state index contributed by atoms with van der Waals surface area (Å²) in [4.78, 5) is 21.3. The Hall–Kier alpha value is -2.41. The van der Waals surface area contributed by atoms with Gasteiger partial charge in [-0.3, -0.25) is 14.4 Å². The van der Waals surface area contributed by atoms with E-state index in [2.05, 4.69) is 29.8 Å². The number of carbonyl (C=O) groups is 1. The van der Waals surface area contributed by atoms with Crippen LogP contribution in [0, 0.1) is 0 Å². The highest BCUT2D eigenvalue weighted by molar-refractivity contribution is 5.96. The number of aromatic nitrogens is 3. The van der Waals surface area contributed by atoms with Gasteiger partial charge in [0.15, 0.2) is 0 Å². The predicted octanol–water partition coefficient (Wildman–Crippen LogP) is 2.49. The highest BCUT2D eigenvalue weighted by atomic mass is 16.5. The number of hydrogen-bond donors (Lipinski definition) is 0. The van der Waals surface area contributed by atoms with Crippen molar-refractivity contribution in [2.24, 2.45) is 0 Å². The normalized spacial score (nSPS) is 19.3. The third kappa shape index (κ3) is 3.17. The van der Waals surface area contributed by atoms with Crippen LogP contribution in [-0.4, -0.2) is 64.3 Å². The average molecular weight is 383 g/mol. The van der Waals surface area contributed by atoms with Crippen molar-refractivity contribution in [1.29, 1.82) is 0 Å². The number of hydrogen-bond acceptors (Lipinski definition) is 5. The van der Waals surface area contributed by atoms with E-state index in [0.29, 0.717) is 5.88 Å². The zero-order valence-corrected chi connectivity index (χ0v) is 17.2. The third-order valence-corrected chi connectivity index (χ3v) is 6.13. The van der Waals surface area contributed by atoms with Gasteiger partial charge < -0.3 is 9.64 Å². The van der Waals surface area contributed by atoms with Gasteiger partial charge in [0.05, 0.1) is 18.4 Å². The highest BCUT2D eigenvalue weighted by Crippen LogP contribution is 2.41. The van der Waals surface area contributed by atoms with Gasteiger partial charge in [0.25, 0.3) is 5.91 Å². The van der Waals surface area contributed by atoms with Crippen molar-refractivity contribution in [3.8, 4) is 5.88 Å². The van der Waals surface area contributed by atoms with Crippen LogP contribution < -0.4 is 4.74 Å². The maximum atomic E-state index is 12.7. The van der Waals surface area contributed by atoms with Crippen LogP contribution in [-0.2, 0) is 12.0 Å². The smallest absolute Gasteiger partial charge is 0.257 e. The molecule has 0 unspecified atom stereocenters. The van der Waals surface area contributed by atoms with Gasteiger partial charge in [-0.2, -0.15) is 5.10 Å². The van der Waals surface area contributed by atoms with E-state index in [0.717, 1.165) is 55.8 Å². The second kappa shape index (κ2) is 7.20. The lowest BCUT2D eigenvalue weighted by Gasteiger charge is -2.45. The zero-order valence-electron chi connectivity index (χ0n) is 17.2. The number of methoxy groups -OCH3 is 1. The number of likely N-dealkylation sites (N-methyl/N-ethyl adjacent to an activating group) is 1. The molecule has 0 saturated carbocycles. The molecule has 7 nitrogen and oxygen atoms in total. The molecule has 28 heavy (non-hydrogen) atoms. The fourth-order valence-electron chi connectivity index (χ4n) is 4.51. The molecule has 2 aromatic rings. The van der Waals surface area contributed by atoms with E-state index in [1.807, 2.05) is 28.9 Å². The maximum Gasteiger partial charge on any atom is 0.257 e. The summed E-state index contributed by atoms with van der Waals surface area (Å²) in [5, 5.41) is 4.87. The van der Waals surface area contributed by atoms with Gasteiger partial charge in [0, 0.05) is 49.6 Å². The van der Waals surface area contributed by atoms with Crippen LogP contribution in [0.25, 0.3) is 0 Å². The van der Waals surface area contributed by atoms with Gasteiger partial charge in [-0.25, -0.2) is 4.98 Å². The Morgan fingerprint density at radius 3 is 2.71 bits per heavy atom. The van der Waals surface area contributed by atoms with Gasteiger partial charge in [-0.15, -0.1) is 0 Å². The van der Waals surface area contributed by atoms with Crippen molar-refractivity contribution >= 4 is 5.91 Å². The number of likely N-dealkylation sites (tertiary alicyclic amines) is 1. The molecule has 150 valence electrons. The van der Waals surface area contributed by atoms with Crippen molar-refractivity contribution in [3.63, 3.8) is 0 Å². The topological polar surface area (TPSA) is 63.5 Å². The van der Waals surface area contributed by atoms with E-state index in [-0.39, 0.29) is 17.4 Å². The van der Waals surface area contributed by atoms with Gasteiger partial charge in [-0.1, -0.05) is 6.07 Å². The number of nitrogens with zero attached hydrogens (tertiary/aromatic N) is 5. The number of pyridine rings is 1. The summed E-state index contributed by atoms with van der Waals surface area (Å²) in [6.45, 7) is 7.71. The lowest BCUT2D eigenvalue weighted by atomic mass is 9.72. The van der Waals surface area contributed by atoms with Gasteiger partial charge in [-0.05, 0) is 45.8 Å². The monoisotopic (exact) mass is 383 g/mol. The van der Waals surface area contributed by atoms with E-state index >= 15 is 0 Å². The van der Waals surface area contributed by atoms with E-state index in [1.54, 1.807) is 13.3 Å². The minimum Gasteiger partial charge on any atom is -0.481 e. The minimum atomic E-state index is -0.0480. The number of ether oxygens (including phenoxy) is 1. The second-order valence-electron chi connectivity index (χ2n) is 8.35. The van der Waals surface area contributed by atoms with Crippen LogP contribution in [0.5, 0.6) is 5.88 Å². The Kier molecular flexibility index (Phi) is 4.87. The summed E-state index contributed by atoms with van der Waals surface area (Å²) in [5.74, 6) is 0.791. The molecular weight excluding hydrogens is 354 g/mol. The lowest BCUT2D eigenvalue weighted by Crippen LogP contribution is -2.53. The number of fused-ring (bicyclic) bond motifs is 2. The molecular formula is C21H29N5O2. The molecule has 1 saturated heterocycles. The van der Waals surface area contributed by atoms with Gasteiger partial charge in [0.2, 0.25) is 5.88 Å². The SMILES string of the molecule is COc1ncccc1CN1CCC2(CC1)CN(C)C(=O)c1cn(C(C)C)nc12. The van der Waals surface area contributed by atoms with E-state index in [1.165, 1.54) is 0 Å². The van der Waals surface area contributed by atoms with Crippen LogP contribution >= 0.6 is 0 Å². The number of carbonyl (C=O) groups excluding carboxylic acids is 1. The van der Waals surface area contributed by atoms with Gasteiger partial charge >= 0.3 is 0 Å². The molecule has 0 N–H and O–H groups in total. The standard InChI is InChI=1S/C21H29N5O2/c1-15(2)26-13-17-18(23-26)21(14-24(3)20(17)27)7-10-25(11-8-21)12-16-6-5-9-22-19(16)28-4/h5-6,9,13,15H,7-8,10-12,14H2,1-4H3. The molecule has 2 aromatic heterocycles. The Morgan fingerprint density at radius 2 is 2.04 bits per heavy atom. The fraction of sp³-hybridized carbons (Fsp3) is 0.571. The summed E-state index contributed by atoms with van der Waals surface area (Å²) in [6.07, 6.45) is 5.69. The summed E-state index contributed by atoms with van der Waals surface area (Å²) in [5.41, 5.74) is 2.85. The molecule has 0 radical (unpaired) electrons. The van der Waals surface area contributed by atoms with Crippen molar-refractivity contribution in [2.45, 2.75) is 44.7 Å². The maximum absolute atomic E-state index is 12.7. The number of amides is 1. The molecule has 1 fully saturated rings. The third-order valence-electron chi connectivity index (χ3n) is 6.13. The Labute approximate surface area is 166 Å². The quantitative estimate of drug-likeness (QED) is 0.812. The molecule has 7 heteroatoms. The fourth-order valence-corrected chi connectivity index (χ4v) is 4.51. The summed E-state index contributed by atoms with van der Waals surface area (Å²) < 4.78 is 7.34. The largest absolute Gasteiger partial charge is 0.481 e. The van der Waals surface area contributed by atoms with Crippen LogP contribution in [0.1, 0.15) is 54.3 Å². The van der Waals surface area contributed by atoms with Crippen LogP contribution in [0.15, 0.2) is 24.5 Å². The van der Waals surface area contributed by atoms with Crippen LogP contribution in [0.3, 0.4) is 0 Å². The van der Waals surface area contributed by atoms with Crippen molar-refractivity contribution in [2.75, 3.05) is 33.8 Å². The molecule has 0 aromatic carbocycles. The highest BCUT2D eigenvalue weighted by Gasteiger charge is 2.46. The molecule has 1 amide bonds. The number of piperidine rings is 1.